The second-order valence-corrected chi connectivity index (χ2v) is 8.49. The van der Waals surface area contributed by atoms with Gasteiger partial charge >= 0.3 is 0 Å². The molecular formula is C24H28N8. The molecule has 1 aliphatic rings. The minimum atomic E-state index is -0.307. The van der Waals surface area contributed by atoms with Crippen LogP contribution in [0.2, 0.25) is 0 Å². The van der Waals surface area contributed by atoms with Gasteiger partial charge in [-0.15, -0.1) is 0 Å². The third-order valence-corrected chi connectivity index (χ3v) is 6.23. The molecule has 3 aromatic heterocycles. The van der Waals surface area contributed by atoms with Crippen LogP contribution in [-0.2, 0) is 19.1 Å². The fraction of sp³-hybridized carbons (Fsp3) is 0.333. The van der Waals surface area contributed by atoms with Crippen LogP contribution in [0, 0.1) is 6.92 Å². The summed E-state index contributed by atoms with van der Waals surface area (Å²) in [6.07, 6.45) is 5.37. The number of anilines is 1. The summed E-state index contributed by atoms with van der Waals surface area (Å²) in [5.41, 5.74) is 4.04. The van der Waals surface area contributed by atoms with Gasteiger partial charge in [-0.2, -0.15) is 10.2 Å². The van der Waals surface area contributed by atoms with Gasteiger partial charge in [-0.1, -0.05) is 18.2 Å². The van der Waals surface area contributed by atoms with Gasteiger partial charge in [0.05, 0.1) is 16.9 Å². The minimum absolute atomic E-state index is 0.307. The van der Waals surface area contributed by atoms with E-state index in [1.807, 2.05) is 36.9 Å². The lowest BCUT2D eigenvalue weighted by Crippen LogP contribution is -2.47. The van der Waals surface area contributed by atoms with E-state index in [-0.39, 0.29) is 5.54 Å². The molecule has 32 heavy (non-hydrogen) atoms. The number of pyridine rings is 1. The third kappa shape index (κ3) is 4.13. The highest BCUT2D eigenvalue weighted by Crippen LogP contribution is 2.36. The number of aromatic amines is 1. The van der Waals surface area contributed by atoms with Gasteiger partial charge in [-0.25, -0.2) is 4.98 Å². The second kappa shape index (κ2) is 8.55. The molecule has 8 nitrogen and oxygen atoms in total. The number of nitrogens with one attached hydrogen (secondary N) is 2. The van der Waals surface area contributed by atoms with E-state index in [2.05, 4.69) is 60.8 Å². The molecule has 0 saturated carbocycles. The van der Waals surface area contributed by atoms with Gasteiger partial charge in [0.2, 0.25) is 0 Å². The van der Waals surface area contributed by atoms with Gasteiger partial charge < -0.3 is 5.32 Å². The van der Waals surface area contributed by atoms with Crippen molar-refractivity contribution in [1.82, 2.24) is 34.8 Å². The van der Waals surface area contributed by atoms with E-state index in [9.17, 15) is 0 Å². The van der Waals surface area contributed by atoms with Crippen LogP contribution in [0.3, 0.4) is 0 Å². The van der Waals surface area contributed by atoms with Gasteiger partial charge in [0.15, 0.2) is 11.6 Å². The summed E-state index contributed by atoms with van der Waals surface area (Å²) >= 11 is 0. The average Bonchev–Trinajstić information content (AvgIpc) is 3.43. The molecule has 0 aliphatic carbocycles. The second-order valence-electron chi connectivity index (χ2n) is 8.49. The molecule has 164 valence electrons. The first-order chi connectivity index (χ1) is 15.6. The number of nitrogens with zero attached hydrogens (tertiary/aromatic N) is 6. The van der Waals surface area contributed by atoms with Gasteiger partial charge in [-0.05, 0) is 50.1 Å². The van der Waals surface area contributed by atoms with Crippen LogP contribution in [0.15, 0.2) is 60.9 Å². The SMILES string of the molecule is Cc1cc(CN2CCC(Nc3ccccc3)(c3nc(-c4ccncc4)n[nH]3)CC2)n(C)n1. The van der Waals surface area contributed by atoms with Crippen LogP contribution >= 0.6 is 0 Å². The highest BCUT2D eigenvalue weighted by molar-refractivity contribution is 5.54. The Balaban J connectivity index is 1.39. The van der Waals surface area contributed by atoms with E-state index < -0.39 is 0 Å². The summed E-state index contributed by atoms with van der Waals surface area (Å²) in [5.74, 6) is 1.58. The zero-order chi connectivity index (χ0) is 22.0. The van der Waals surface area contributed by atoms with E-state index in [0.717, 1.165) is 55.2 Å². The predicted octanol–water partition coefficient (Wildman–Crippen LogP) is 3.51. The summed E-state index contributed by atoms with van der Waals surface area (Å²) < 4.78 is 1.98. The molecule has 2 N–H and O–H groups in total. The van der Waals surface area contributed by atoms with Crippen LogP contribution < -0.4 is 5.32 Å². The monoisotopic (exact) mass is 428 g/mol. The lowest BCUT2D eigenvalue weighted by molar-refractivity contribution is 0.159. The Bertz CT molecular complexity index is 1160. The number of hydrogen-bond acceptors (Lipinski definition) is 6. The molecule has 8 heteroatoms. The molecule has 0 radical (unpaired) electrons. The van der Waals surface area contributed by atoms with Crippen molar-refractivity contribution in [3.8, 4) is 11.4 Å². The van der Waals surface area contributed by atoms with Crippen molar-refractivity contribution in [3.05, 3.63) is 78.1 Å². The summed E-state index contributed by atoms with van der Waals surface area (Å²) in [5, 5.41) is 16.0. The number of aromatic nitrogens is 6. The van der Waals surface area contributed by atoms with Gasteiger partial charge in [0.1, 0.15) is 0 Å². The van der Waals surface area contributed by atoms with Gasteiger partial charge in [0, 0.05) is 50.3 Å². The Morgan fingerprint density at radius 2 is 1.81 bits per heavy atom. The zero-order valence-corrected chi connectivity index (χ0v) is 18.5. The lowest BCUT2D eigenvalue weighted by atomic mass is 9.86. The smallest absolute Gasteiger partial charge is 0.181 e. The fourth-order valence-electron chi connectivity index (χ4n) is 4.46. The van der Waals surface area contributed by atoms with Crippen molar-refractivity contribution >= 4 is 5.69 Å². The van der Waals surface area contributed by atoms with Crippen molar-refractivity contribution in [2.45, 2.75) is 31.8 Å². The highest BCUT2D eigenvalue weighted by atomic mass is 15.3. The number of hydrogen-bond donors (Lipinski definition) is 2. The number of para-hydroxylation sites is 1. The van der Waals surface area contributed by atoms with Gasteiger partial charge in [-0.3, -0.25) is 19.7 Å². The van der Waals surface area contributed by atoms with Crippen LogP contribution in [0.1, 0.15) is 30.1 Å². The topological polar surface area (TPSA) is 87.5 Å². The minimum Gasteiger partial charge on any atom is -0.373 e. The molecule has 0 atom stereocenters. The largest absolute Gasteiger partial charge is 0.373 e. The maximum atomic E-state index is 4.91. The number of likely N-dealkylation sites (tertiary alicyclic amines) is 1. The predicted molar refractivity (Wildman–Crippen MR) is 124 cm³/mol. The van der Waals surface area contributed by atoms with Crippen molar-refractivity contribution in [2.75, 3.05) is 18.4 Å². The van der Waals surface area contributed by atoms with Crippen molar-refractivity contribution in [1.29, 1.82) is 0 Å². The molecule has 4 heterocycles. The Hall–Kier alpha value is -3.52. The maximum absolute atomic E-state index is 4.91. The van der Waals surface area contributed by atoms with E-state index in [0.29, 0.717) is 5.82 Å². The summed E-state index contributed by atoms with van der Waals surface area (Å²) in [6, 6.07) is 16.4. The Labute approximate surface area is 187 Å². The number of piperidine rings is 1. The maximum Gasteiger partial charge on any atom is 0.181 e. The molecule has 0 unspecified atom stereocenters. The molecule has 1 saturated heterocycles. The Kier molecular flexibility index (Phi) is 5.45. The average molecular weight is 429 g/mol. The van der Waals surface area contributed by atoms with Crippen LogP contribution in [0.4, 0.5) is 5.69 Å². The molecule has 0 spiro atoms. The molecule has 1 aromatic carbocycles. The number of rotatable bonds is 6. The number of benzene rings is 1. The first-order valence-electron chi connectivity index (χ1n) is 11.0. The normalized spacial score (nSPS) is 16.2. The molecule has 5 rings (SSSR count). The summed E-state index contributed by atoms with van der Waals surface area (Å²) in [4.78, 5) is 11.5. The first-order valence-corrected chi connectivity index (χ1v) is 11.0. The van der Waals surface area contributed by atoms with E-state index in [4.69, 9.17) is 4.98 Å². The molecule has 4 aromatic rings. The fourth-order valence-corrected chi connectivity index (χ4v) is 4.46. The molecular weight excluding hydrogens is 400 g/mol. The van der Waals surface area contributed by atoms with E-state index in [1.165, 1.54) is 5.69 Å². The van der Waals surface area contributed by atoms with E-state index >= 15 is 0 Å². The quantitative estimate of drug-likeness (QED) is 0.489. The van der Waals surface area contributed by atoms with Crippen molar-refractivity contribution in [3.63, 3.8) is 0 Å². The Morgan fingerprint density at radius 1 is 1.06 bits per heavy atom. The van der Waals surface area contributed by atoms with Crippen LogP contribution in [0.25, 0.3) is 11.4 Å². The summed E-state index contributed by atoms with van der Waals surface area (Å²) in [6.45, 7) is 4.85. The van der Waals surface area contributed by atoms with Crippen LogP contribution in [0.5, 0.6) is 0 Å². The molecule has 0 bridgehead atoms. The Morgan fingerprint density at radius 3 is 2.50 bits per heavy atom. The number of H-pyrrole nitrogens is 1. The first kappa shape index (κ1) is 20.4. The van der Waals surface area contributed by atoms with Crippen molar-refractivity contribution in [2.24, 2.45) is 7.05 Å². The molecule has 1 fully saturated rings. The molecule has 0 amide bonds. The molecule has 1 aliphatic heterocycles. The highest BCUT2D eigenvalue weighted by Gasteiger charge is 2.39. The van der Waals surface area contributed by atoms with Crippen molar-refractivity contribution < 1.29 is 0 Å². The number of aryl methyl sites for hydroxylation is 2. The lowest BCUT2D eigenvalue weighted by Gasteiger charge is -2.41. The standard InChI is InChI=1S/C24H28N8/c1-18-16-21(31(2)30-18)17-32-14-10-24(11-15-32,27-20-6-4-3-5-7-20)23-26-22(28-29-23)19-8-12-25-13-9-19/h3-9,12-13,16,27H,10-11,14-15,17H2,1-2H3,(H,26,28,29). The third-order valence-electron chi connectivity index (χ3n) is 6.23. The van der Waals surface area contributed by atoms with Gasteiger partial charge in [0.25, 0.3) is 0 Å². The summed E-state index contributed by atoms with van der Waals surface area (Å²) in [7, 11) is 2.02. The van der Waals surface area contributed by atoms with E-state index in [1.54, 1.807) is 12.4 Å². The zero-order valence-electron chi connectivity index (χ0n) is 18.5. The van der Waals surface area contributed by atoms with Crippen LogP contribution in [-0.4, -0.2) is 47.9 Å².